The lowest BCUT2D eigenvalue weighted by Gasteiger charge is -2.38. The number of phenols is 1. The van der Waals surface area contributed by atoms with Gasteiger partial charge in [0.05, 0.1) is 7.11 Å². The van der Waals surface area contributed by atoms with E-state index in [4.69, 9.17) is 16.3 Å². The molecular weight excluding hydrogens is 264 g/mol. The summed E-state index contributed by atoms with van der Waals surface area (Å²) in [6.45, 7) is 5.90. The normalized spacial score (nSPS) is 15.6. The van der Waals surface area contributed by atoms with Crippen molar-refractivity contribution in [1.29, 1.82) is 0 Å². The number of hydrogen-bond donors (Lipinski definition) is 2. The molecule has 19 heavy (non-hydrogen) atoms. The molecule has 0 unspecified atom stereocenters. The molecule has 2 rings (SSSR count). The number of methoxy groups -OCH3 is 1. The Kier molecular flexibility index (Phi) is 4.91. The van der Waals surface area contributed by atoms with Crippen LogP contribution in [0.3, 0.4) is 0 Å². The minimum Gasteiger partial charge on any atom is -0.504 e. The van der Waals surface area contributed by atoms with E-state index in [9.17, 15) is 5.11 Å². The lowest BCUT2D eigenvalue weighted by atomic mass is 10.1. The molecule has 0 amide bonds. The Labute approximate surface area is 119 Å². The van der Waals surface area contributed by atoms with Crippen molar-refractivity contribution in [3.05, 3.63) is 22.7 Å². The molecule has 5 heteroatoms. The molecule has 4 nitrogen and oxygen atoms in total. The number of hydrogen-bond acceptors (Lipinski definition) is 4. The second-order valence-corrected chi connectivity index (χ2v) is 5.33. The summed E-state index contributed by atoms with van der Waals surface area (Å²) in [5.74, 6) is 0.631. The minimum atomic E-state index is 0.195. The highest BCUT2D eigenvalue weighted by Crippen LogP contribution is 2.34. The Bertz CT molecular complexity index is 436. The zero-order chi connectivity index (χ0) is 13.8. The Morgan fingerprint density at radius 3 is 2.74 bits per heavy atom. The molecule has 0 saturated carbocycles. The summed E-state index contributed by atoms with van der Waals surface area (Å²) < 4.78 is 5.14. The first-order chi connectivity index (χ1) is 9.15. The average Bonchev–Trinajstić information content (AvgIpc) is 2.31. The number of nitrogens with one attached hydrogen (secondary N) is 1. The zero-order valence-corrected chi connectivity index (χ0v) is 12.2. The van der Waals surface area contributed by atoms with Gasteiger partial charge in [0, 0.05) is 42.3 Å². The van der Waals surface area contributed by atoms with E-state index < -0.39 is 0 Å². The maximum absolute atomic E-state index is 10.2. The van der Waals surface area contributed by atoms with Crippen molar-refractivity contribution in [3.63, 3.8) is 0 Å². The summed E-state index contributed by atoms with van der Waals surface area (Å²) in [6, 6.07) is 3.99. The van der Waals surface area contributed by atoms with Crippen LogP contribution in [-0.2, 0) is 6.54 Å². The van der Waals surface area contributed by atoms with Gasteiger partial charge in [-0.2, -0.15) is 0 Å². The van der Waals surface area contributed by atoms with Crippen LogP contribution in [0.15, 0.2) is 12.1 Å². The fraction of sp³-hybridized carbons (Fsp3) is 0.571. The number of rotatable bonds is 6. The van der Waals surface area contributed by atoms with E-state index in [-0.39, 0.29) is 5.75 Å². The molecule has 0 spiro atoms. The van der Waals surface area contributed by atoms with Gasteiger partial charge in [0.15, 0.2) is 11.5 Å². The van der Waals surface area contributed by atoms with Gasteiger partial charge < -0.3 is 15.2 Å². The van der Waals surface area contributed by atoms with Gasteiger partial charge in [-0.1, -0.05) is 18.5 Å². The van der Waals surface area contributed by atoms with E-state index in [0.29, 0.717) is 23.4 Å². The molecule has 2 N–H and O–H groups in total. The van der Waals surface area contributed by atoms with Crippen LogP contribution in [0.4, 0.5) is 0 Å². The first-order valence-electron chi connectivity index (χ1n) is 6.65. The molecule has 0 bridgehead atoms. The molecular formula is C14H21ClN2O2. The number of nitrogens with zero attached hydrogens (tertiary/aromatic N) is 1. The number of ether oxygens (including phenoxy) is 1. The summed E-state index contributed by atoms with van der Waals surface area (Å²) >= 11 is 6.07. The Morgan fingerprint density at radius 2 is 2.21 bits per heavy atom. The largest absolute Gasteiger partial charge is 0.504 e. The molecule has 1 fully saturated rings. The molecule has 1 aliphatic heterocycles. The standard InChI is InChI=1S/C14H21ClN2O2/c1-3-4-17(12-7-16-8-12)9-10-5-11(15)6-13(19-2)14(10)18/h5-6,12,16,18H,3-4,7-9H2,1-2H3. The summed E-state index contributed by atoms with van der Waals surface area (Å²) in [6.07, 6.45) is 1.09. The Morgan fingerprint density at radius 1 is 1.47 bits per heavy atom. The number of halogens is 1. The summed E-state index contributed by atoms with van der Waals surface area (Å²) in [4.78, 5) is 2.38. The van der Waals surface area contributed by atoms with Crippen molar-refractivity contribution < 1.29 is 9.84 Å². The smallest absolute Gasteiger partial charge is 0.162 e. The molecule has 1 aromatic carbocycles. The number of benzene rings is 1. The Balaban J connectivity index is 2.17. The lowest BCUT2D eigenvalue weighted by Crippen LogP contribution is -2.56. The van der Waals surface area contributed by atoms with Crippen molar-refractivity contribution >= 4 is 11.6 Å². The maximum Gasteiger partial charge on any atom is 0.162 e. The second kappa shape index (κ2) is 6.46. The quantitative estimate of drug-likeness (QED) is 0.841. The van der Waals surface area contributed by atoms with Crippen LogP contribution >= 0.6 is 11.6 Å². The van der Waals surface area contributed by atoms with Gasteiger partial charge >= 0.3 is 0 Å². The van der Waals surface area contributed by atoms with Crippen molar-refractivity contribution in [2.24, 2.45) is 0 Å². The van der Waals surface area contributed by atoms with Crippen LogP contribution in [-0.4, -0.2) is 42.8 Å². The fourth-order valence-electron chi connectivity index (χ4n) is 2.33. The summed E-state index contributed by atoms with van der Waals surface area (Å²) in [7, 11) is 1.54. The molecule has 1 aliphatic rings. The highest BCUT2D eigenvalue weighted by Gasteiger charge is 2.25. The van der Waals surface area contributed by atoms with Crippen molar-refractivity contribution in [2.75, 3.05) is 26.7 Å². The average molecular weight is 285 g/mol. The third kappa shape index (κ3) is 3.32. The zero-order valence-electron chi connectivity index (χ0n) is 11.4. The first kappa shape index (κ1) is 14.4. The van der Waals surface area contributed by atoms with Gasteiger partial charge in [-0.05, 0) is 19.0 Å². The van der Waals surface area contributed by atoms with Gasteiger partial charge in [0.2, 0.25) is 0 Å². The third-order valence-electron chi connectivity index (χ3n) is 3.50. The highest BCUT2D eigenvalue weighted by molar-refractivity contribution is 6.30. The molecule has 1 saturated heterocycles. The third-order valence-corrected chi connectivity index (χ3v) is 3.72. The van der Waals surface area contributed by atoms with Crippen LogP contribution in [0.1, 0.15) is 18.9 Å². The van der Waals surface area contributed by atoms with Crippen molar-refractivity contribution in [1.82, 2.24) is 10.2 Å². The van der Waals surface area contributed by atoms with Gasteiger partial charge in [0.1, 0.15) is 0 Å². The van der Waals surface area contributed by atoms with E-state index in [1.807, 2.05) is 6.07 Å². The van der Waals surface area contributed by atoms with Gasteiger partial charge in [-0.15, -0.1) is 0 Å². The number of aromatic hydroxyl groups is 1. The lowest BCUT2D eigenvalue weighted by molar-refractivity contribution is 0.136. The summed E-state index contributed by atoms with van der Waals surface area (Å²) in [5, 5.41) is 14.0. The second-order valence-electron chi connectivity index (χ2n) is 4.90. The van der Waals surface area contributed by atoms with Gasteiger partial charge in [-0.25, -0.2) is 0 Å². The Hall–Kier alpha value is -0.970. The monoisotopic (exact) mass is 284 g/mol. The van der Waals surface area contributed by atoms with Crippen LogP contribution in [0.5, 0.6) is 11.5 Å². The van der Waals surface area contributed by atoms with E-state index in [1.165, 1.54) is 7.11 Å². The molecule has 0 aliphatic carbocycles. The highest BCUT2D eigenvalue weighted by atomic mass is 35.5. The minimum absolute atomic E-state index is 0.195. The van der Waals surface area contributed by atoms with Crippen LogP contribution < -0.4 is 10.1 Å². The van der Waals surface area contributed by atoms with E-state index in [1.54, 1.807) is 6.07 Å². The molecule has 1 aromatic rings. The van der Waals surface area contributed by atoms with Crippen LogP contribution in [0.25, 0.3) is 0 Å². The van der Waals surface area contributed by atoms with Crippen molar-refractivity contribution in [2.45, 2.75) is 25.9 Å². The van der Waals surface area contributed by atoms with Crippen molar-refractivity contribution in [3.8, 4) is 11.5 Å². The molecule has 0 atom stereocenters. The van der Waals surface area contributed by atoms with E-state index >= 15 is 0 Å². The predicted molar refractivity (Wildman–Crippen MR) is 77.0 cm³/mol. The first-order valence-corrected chi connectivity index (χ1v) is 7.03. The van der Waals surface area contributed by atoms with Crippen LogP contribution in [0.2, 0.25) is 5.02 Å². The van der Waals surface area contributed by atoms with E-state index in [0.717, 1.165) is 31.6 Å². The van der Waals surface area contributed by atoms with Gasteiger partial charge in [-0.3, -0.25) is 4.90 Å². The van der Waals surface area contributed by atoms with E-state index in [2.05, 4.69) is 17.1 Å². The number of phenolic OH excluding ortho intramolecular Hbond substituents is 1. The summed E-state index contributed by atoms with van der Waals surface area (Å²) in [5.41, 5.74) is 0.824. The van der Waals surface area contributed by atoms with Gasteiger partial charge in [0.25, 0.3) is 0 Å². The van der Waals surface area contributed by atoms with Crippen LogP contribution in [0, 0.1) is 0 Å². The topological polar surface area (TPSA) is 44.7 Å². The molecule has 106 valence electrons. The predicted octanol–water partition coefficient (Wildman–Crippen LogP) is 2.24. The maximum atomic E-state index is 10.2. The molecule has 0 radical (unpaired) electrons. The fourth-order valence-corrected chi connectivity index (χ4v) is 2.56. The SMILES string of the molecule is CCCN(Cc1cc(Cl)cc(OC)c1O)C1CNC1. The molecule has 1 heterocycles. The molecule has 0 aromatic heterocycles.